The van der Waals surface area contributed by atoms with Crippen LogP contribution in [0.1, 0.15) is 5.56 Å². The van der Waals surface area contributed by atoms with Gasteiger partial charge in [0.05, 0.1) is 0 Å². The molecule has 0 spiro atoms. The zero-order valence-corrected chi connectivity index (χ0v) is 12.7. The number of halogens is 3. The maximum absolute atomic E-state index is 12.2. The molecule has 2 aromatic carbocycles. The fraction of sp³-hybridized carbons (Fsp3) is 0.111. The summed E-state index contributed by atoms with van der Waals surface area (Å²) in [5.41, 5.74) is 3.53. The third kappa shape index (κ3) is 3.90. The summed E-state index contributed by atoms with van der Waals surface area (Å²) in [4.78, 5) is 8.52. The Morgan fingerprint density at radius 3 is 1.71 bits per heavy atom. The molecule has 0 aliphatic carbocycles. The molecule has 1 aromatic heterocycles. The highest BCUT2D eigenvalue weighted by atomic mass is 19.4. The quantitative estimate of drug-likeness (QED) is 0.676. The Morgan fingerprint density at radius 2 is 1.21 bits per heavy atom. The first kappa shape index (κ1) is 16.0. The van der Waals surface area contributed by atoms with Gasteiger partial charge < -0.3 is 4.74 Å². The van der Waals surface area contributed by atoms with Crippen molar-refractivity contribution in [3.8, 4) is 28.3 Å². The third-order valence-electron chi connectivity index (χ3n) is 3.35. The van der Waals surface area contributed by atoms with Gasteiger partial charge in [-0.25, -0.2) is 9.97 Å². The molecule has 3 rings (SSSR count). The standard InChI is InChI=1S/C18H13F3N2O/c1-12-10-22-17(23-11-12)15-4-2-13(3-5-15)14-6-8-16(9-7-14)24-18(19,20)21/h2-11H,1H3. The SMILES string of the molecule is Cc1cnc(-c2ccc(-c3ccc(OC(F)(F)F)cc3)cc2)nc1. The Labute approximate surface area is 136 Å². The summed E-state index contributed by atoms with van der Waals surface area (Å²) in [5.74, 6) is 0.386. The van der Waals surface area contributed by atoms with E-state index in [4.69, 9.17) is 0 Å². The molecule has 0 saturated heterocycles. The Bertz CT molecular complexity index is 811. The van der Waals surface area contributed by atoms with Crippen LogP contribution in [-0.2, 0) is 0 Å². The topological polar surface area (TPSA) is 35.0 Å². The smallest absolute Gasteiger partial charge is 0.406 e. The van der Waals surface area contributed by atoms with Crippen molar-refractivity contribution in [3.63, 3.8) is 0 Å². The van der Waals surface area contributed by atoms with Crippen LogP contribution >= 0.6 is 0 Å². The van der Waals surface area contributed by atoms with Gasteiger partial charge in [0.1, 0.15) is 5.75 Å². The van der Waals surface area contributed by atoms with Crippen molar-refractivity contribution in [1.82, 2.24) is 9.97 Å². The largest absolute Gasteiger partial charge is 0.573 e. The maximum Gasteiger partial charge on any atom is 0.573 e. The Balaban J connectivity index is 1.79. The van der Waals surface area contributed by atoms with E-state index in [1.807, 2.05) is 31.2 Å². The number of hydrogen-bond donors (Lipinski definition) is 0. The molecule has 0 aliphatic heterocycles. The zero-order chi connectivity index (χ0) is 17.2. The number of nitrogens with zero attached hydrogens (tertiary/aromatic N) is 2. The molecule has 0 amide bonds. The van der Waals surface area contributed by atoms with Gasteiger partial charge in [-0.1, -0.05) is 36.4 Å². The van der Waals surface area contributed by atoms with E-state index in [-0.39, 0.29) is 5.75 Å². The van der Waals surface area contributed by atoms with Crippen molar-refractivity contribution in [2.75, 3.05) is 0 Å². The molecule has 6 heteroatoms. The van der Waals surface area contributed by atoms with E-state index in [0.29, 0.717) is 5.82 Å². The number of benzene rings is 2. The molecule has 122 valence electrons. The average molecular weight is 330 g/mol. The van der Waals surface area contributed by atoms with Gasteiger partial charge in [-0.15, -0.1) is 13.2 Å². The van der Waals surface area contributed by atoms with Gasteiger partial charge in [0, 0.05) is 18.0 Å². The summed E-state index contributed by atoms with van der Waals surface area (Å²) in [6, 6.07) is 13.2. The molecular formula is C18H13F3N2O. The Kier molecular flexibility index (Phi) is 4.20. The summed E-state index contributed by atoms with van der Waals surface area (Å²) in [6.45, 7) is 1.92. The van der Waals surface area contributed by atoms with Crippen LogP contribution in [0, 0.1) is 6.92 Å². The van der Waals surface area contributed by atoms with Gasteiger partial charge in [-0.2, -0.15) is 0 Å². The van der Waals surface area contributed by atoms with Crippen LogP contribution in [0.4, 0.5) is 13.2 Å². The van der Waals surface area contributed by atoms with Crippen molar-refractivity contribution < 1.29 is 17.9 Å². The summed E-state index contributed by atoms with van der Waals surface area (Å²) >= 11 is 0. The first-order chi connectivity index (χ1) is 11.4. The van der Waals surface area contributed by atoms with E-state index in [0.717, 1.165) is 22.3 Å². The van der Waals surface area contributed by atoms with Gasteiger partial charge in [0.25, 0.3) is 0 Å². The van der Waals surface area contributed by atoms with E-state index in [9.17, 15) is 13.2 Å². The highest BCUT2D eigenvalue weighted by Crippen LogP contribution is 2.27. The molecule has 0 saturated carbocycles. The van der Waals surface area contributed by atoms with Crippen molar-refractivity contribution in [1.29, 1.82) is 0 Å². The monoisotopic (exact) mass is 330 g/mol. The van der Waals surface area contributed by atoms with Gasteiger partial charge in [-0.3, -0.25) is 0 Å². The minimum atomic E-state index is -4.68. The number of alkyl halides is 3. The predicted molar refractivity (Wildman–Crippen MR) is 84.3 cm³/mol. The molecule has 1 heterocycles. The van der Waals surface area contributed by atoms with E-state index in [1.165, 1.54) is 12.1 Å². The second-order valence-corrected chi connectivity index (χ2v) is 5.23. The van der Waals surface area contributed by atoms with E-state index >= 15 is 0 Å². The summed E-state index contributed by atoms with van der Waals surface area (Å²) in [5, 5.41) is 0. The van der Waals surface area contributed by atoms with Gasteiger partial charge in [0.2, 0.25) is 0 Å². The first-order valence-electron chi connectivity index (χ1n) is 7.16. The number of ether oxygens (including phenoxy) is 1. The van der Waals surface area contributed by atoms with Crippen molar-refractivity contribution in [2.24, 2.45) is 0 Å². The second kappa shape index (κ2) is 6.31. The van der Waals surface area contributed by atoms with Crippen LogP contribution < -0.4 is 4.74 Å². The van der Waals surface area contributed by atoms with E-state index < -0.39 is 6.36 Å². The fourth-order valence-corrected chi connectivity index (χ4v) is 2.20. The summed E-state index contributed by atoms with van der Waals surface area (Å²) in [6.07, 6.45) is -1.19. The highest BCUT2D eigenvalue weighted by molar-refractivity contribution is 5.68. The van der Waals surface area contributed by atoms with Gasteiger partial charge >= 0.3 is 6.36 Å². The number of aryl methyl sites for hydroxylation is 1. The molecule has 0 aliphatic rings. The van der Waals surface area contributed by atoms with Gasteiger partial charge in [-0.05, 0) is 35.7 Å². The van der Waals surface area contributed by atoms with Crippen LogP contribution in [0.15, 0.2) is 60.9 Å². The molecule has 24 heavy (non-hydrogen) atoms. The van der Waals surface area contributed by atoms with Crippen LogP contribution in [-0.4, -0.2) is 16.3 Å². The zero-order valence-electron chi connectivity index (χ0n) is 12.7. The molecule has 0 N–H and O–H groups in total. The Hall–Kier alpha value is -2.89. The number of rotatable bonds is 3. The van der Waals surface area contributed by atoms with E-state index in [1.54, 1.807) is 24.5 Å². The minimum absolute atomic E-state index is 0.240. The van der Waals surface area contributed by atoms with Crippen LogP contribution in [0.25, 0.3) is 22.5 Å². The van der Waals surface area contributed by atoms with Crippen molar-refractivity contribution in [2.45, 2.75) is 13.3 Å². The lowest BCUT2D eigenvalue weighted by molar-refractivity contribution is -0.274. The summed E-state index contributed by atoms with van der Waals surface area (Å²) in [7, 11) is 0. The lowest BCUT2D eigenvalue weighted by Crippen LogP contribution is -2.16. The van der Waals surface area contributed by atoms with E-state index in [2.05, 4.69) is 14.7 Å². The normalized spacial score (nSPS) is 11.3. The molecule has 0 unspecified atom stereocenters. The van der Waals surface area contributed by atoms with Gasteiger partial charge in [0.15, 0.2) is 5.82 Å². The lowest BCUT2D eigenvalue weighted by Gasteiger charge is -2.09. The number of hydrogen-bond acceptors (Lipinski definition) is 3. The highest BCUT2D eigenvalue weighted by Gasteiger charge is 2.30. The summed E-state index contributed by atoms with van der Waals surface area (Å²) < 4.78 is 40.3. The fourth-order valence-electron chi connectivity index (χ4n) is 2.20. The molecule has 3 aromatic rings. The van der Waals surface area contributed by atoms with Crippen LogP contribution in [0.3, 0.4) is 0 Å². The molecule has 0 fully saturated rings. The van der Waals surface area contributed by atoms with Crippen LogP contribution in [0.5, 0.6) is 5.75 Å². The molecule has 0 bridgehead atoms. The van der Waals surface area contributed by atoms with Crippen molar-refractivity contribution in [3.05, 3.63) is 66.5 Å². The maximum atomic E-state index is 12.2. The second-order valence-electron chi connectivity index (χ2n) is 5.23. The van der Waals surface area contributed by atoms with Crippen molar-refractivity contribution >= 4 is 0 Å². The first-order valence-corrected chi connectivity index (χ1v) is 7.16. The predicted octanol–water partition coefficient (Wildman–Crippen LogP) is 5.02. The molecule has 3 nitrogen and oxygen atoms in total. The average Bonchev–Trinajstić information content (AvgIpc) is 2.55. The lowest BCUT2D eigenvalue weighted by atomic mass is 10.0. The number of aromatic nitrogens is 2. The minimum Gasteiger partial charge on any atom is -0.406 e. The Morgan fingerprint density at radius 1 is 0.750 bits per heavy atom. The van der Waals surface area contributed by atoms with Crippen LogP contribution in [0.2, 0.25) is 0 Å². The molecular weight excluding hydrogens is 317 g/mol. The molecule has 0 radical (unpaired) electrons. The molecule has 0 atom stereocenters. The third-order valence-corrected chi connectivity index (χ3v) is 3.35.